The van der Waals surface area contributed by atoms with Gasteiger partial charge in [0.15, 0.2) is 25.0 Å². The van der Waals surface area contributed by atoms with Crippen molar-refractivity contribution < 1.29 is 32.4 Å². The van der Waals surface area contributed by atoms with Crippen molar-refractivity contribution in [2.24, 2.45) is 11.8 Å². The number of hydrogen-bond acceptors (Lipinski definition) is 7. The lowest BCUT2D eigenvalue weighted by Crippen LogP contribution is -2.58. The molecule has 39 heavy (non-hydrogen) atoms. The number of ether oxygens (including phenoxy) is 2. The maximum absolute atomic E-state index is 12.4. The summed E-state index contributed by atoms with van der Waals surface area (Å²) in [4.78, 5) is 17.4. The van der Waals surface area contributed by atoms with Gasteiger partial charge in [-0.1, -0.05) is 12.5 Å². The maximum Gasteiger partial charge on any atom is 0.269 e. The summed E-state index contributed by atoms with van der Waals surface area (Å²) in [5, 5.41) is 1.22. The van der Waals surface area contributed by atoms with E-state index in [1.165, 1.54) is 12.2 Å². The van der Waals surface area contributed by atoms with E-state index >= 15 is 0 Å². The molecule has 2 rings (SSSR count). The zero-order valence-electron chi connectivity index (χ0n) is 27.1. The minimum absolute atomic E-state index is 0.0805. The average Bonchev–Trinajstić information content (AvgIpc) is 3.52. The smallest absolute Gasteiger partial charge is 0.269 e. The van der Waals surface area contributed by atoms with Gasteiger partial charge < -0.3 is 22.8 Å². The molecule has 0 N–H and O–H groups in total. The Labute approximate surface area is 241 Å². The molecule has 0 aromatic rings. The quantitative estimate of drug-likeness (QED) is 0.107. The zero-order chi connectivity index (χ0) is 29.9. The van der Waals surface area contributed by atoms with Crippen molar-refractivity contribution in [1.82, 2.24) is 5.06 Å². The Morgan fingerprint density at radius 3 is 2.03 bits per heavy atom. The van der Waals surface area contributed by atoms with E-state index in [-0.39, 0.29) is 48.4 Å². The Morgan fingerprint density at radius 2 is 1.51 bits per heavy atom. The lowest BCUT2D eigenvalue weighted by molar-refractivity contribution is -0.162. The molecule has 1 amide bonds. The standard InChI is InChI=1S/C28H57NO7Si3/c1-19(16-25(30)29(4)31-5)15-23-28(36-39(12,13)14)27(35-38(9,10)11)22(18-32-23)17-24-26(33-24)20(2)21(3)34-37(6,7)8/h16,20-24,26-28H,15,17-18H2,1-14H3/b19-16+/t20-,21-,22-,23-,24-,26-,27+,28-/m0/s1. The summed E-state index contributed by atoms with van der Waals surface area (Å²) in [5.74, 6) is 0.315. The first-order valence-corrected chi connectivity index (χ1v) is 24.7. The van der Waals surface area contributed by atoms with Gasteiger partial charge in [-0.05, 0) is 85.6 Å². The molecule has 0 unspecified atom stereocenters. The highest BCUT2D eigenvalue weighted by atomic mass is 28.4. The van der Waals surface area contributed by atoms with E-state index in [4.69, 9.17) is 27.6 Å². The van der Waals surface area contributed by atoms with E-state index < -0.39 is 25.0 Å². The highest BCUT2D eigenvalue weighted by Crippen LogP contribution is 2.41. The van der Waals surface area contributed by atoms with Gasteiger partial charge in [-0.3, -0.25) is 9.63 Å². The molecule has 0 aromatic carbocycles. The van der Waals surface area contributed by atoms with Gasteiger partial charge in [-0.15, -0.1) is 0 Å². The molecule has 8 nitrogen and oxygen atoms in total. The highest BCUT2D eigenvalue weighted by Gasteiger charge is 2.51. The topological polar surface area (TPSA) is 79.0 Å². The minimum atomic E-state index is -1.94. The van der Waals surface area contributed by atoms with Gasteiger partial charge in [-0.2, -0.15) is 0 Å². The van der Waals surface area contributed by atoms with Crippen molar-refractivity contribution in [2.75, 3.05) is 20.8 Å². The van der Waals surface area contributed by atoms with E-state index in [9.17, 15) is 4.79 Å². The number of carbonyl (C=O) groups excluding carboxylic acids is 1. The number of likely N-dealkylation sites (N-methyl/N-ethyl adjacent to an activating group) is 1. The van der Waals surface area contributed by atoms with E-state index in [0.717, 1.165) is 12.0 Å². The monoisotopic (exact) mass is 603 g/mol. The van der Waals surface area contributed by atoms with E-state index in [1.807, 2.05) is 6.92 Å². The highest BCUT2D eigenvalue weighted by molar-refractivity contribution is 6.70. The third-order valence-corrected chi connectivity index (χ3v) is 10.1. The van der Waals surface area contributed by atoms with Gasteiger partial charge in [0.1, 0.15) is 0 Å². The lowest BCUT2D eigenvalue weighted by atomic mass is 9.85. The van der Waals surface area contributed by atoms with Crippen LogP contribution in [-0.4, -0.2) is 93.3 Å². The number of epoxide rings is 1. The van der Waals surface area contributed by atoms with Gasteiger partial charge >= 0.3 is 0 Å². The van der Waals surface area contributed by atoms with Crippen LogP contribution in [0.3, 0.4) is 0 Å². The van der Waals surface area contributed by atoms with Crippen LogP contribution in [0.2, 0.25) is 58.9 Å². The van der Waals surface area contributed by atoms with Crippen LogP contribution in [0, 0.1) is 11.8 Å². The number of rotatable bonds is 14. The van der Waals surface area contributed by atoms with Crippen molar-refractivity contribution >= 4 is 30.9 Å². The second kappa shape index (κ2) is 13.7. The molecular formula is C28H57NO7Si3. The van der Waals surface area contributed by atoms with Crippen LogP contribution < -0.4 is 0 Å². The van der Waals surface area contributed by atoms with Gasteiger partial charge in [0.2, 0.25) is 0 Å². The Kier molecular flexibility index (Phi) is 12.3. The maximum atomic E-state index is 12.4. The predicted molar refractivity (Wildman–Crippen MR) is 164 cm³/mol. The molecule has 2 fully saturated rings. The molecule has 2 aliphatic heterocycles. The first-order valence-electron chi connectivity index (χ1n) is 14.5. The number of amides is 1. The normalized spacial score (nSPS) is 30.2. The number of nitrogens with zero attached hydrogens (tertiary/aromatic N) is 1. The fourth-order valence-corrected chi connectivity index (χ4v) is 8.80. The first kappa shape index (κ1) is 34.8. The van der Waals surface area contributed by atoms with E-state index in [0.29, 0.717) is 18.9 Å². The molecule has 0 bridgehead atoms. The fourth-order valence-electron chi connectivity index (χ4n) is 5.22. The van der Waals surface area contributed by atoms with Crippen molar-refractivity contribution in [3.05, 3.63) is 11.6 Å². The SMILES string of the molecule is CON(C)C(=O)/C=C(\C)C[C@@H]1OC[C@H](C[C@@H]2O[C@H]2[C@@H](C)[C@H](C)O[Si](C)(C)C)[C@@H](O[Si](C)(C)C)[C@H]1O[Si](C)(C)C. The summed E-state index contributed by atoms with van der Waals surface area (Å²) in [6, 6.07) is 0. The predicted octanol–water partition coefficient (Wildman–Crippen LogP) is 5.83. The Hall–Kier alpha value is -0.379. The summed E-state index contributed by atoms with van der Waals surface area (Å²) in [6.45, 7) is 27.0. The van der Waals surface area contributed by atoms with Crippen LogP contribution in [0.4, 0.5) is 0 Å². The van der Waals surface area contributed by atoms with Crippen molar-refractivity contribution in [3.8, 4) is 0 Å². The lowest BCUT2D eigenvalue weighted by Gasteiger charge is -2.47. The molecule has 2 heterocycles. The summed E-state index contributed by atoms with van der Waals surface area (Å²) in [6.07, 6.45) is 3.18. The van der Waals surface area contributed by atoms with Crippen LogP contribution in [-0.2, 0) is 32.4 Å². The van der Waals surface area contributed by atoms with Crippen LogP contribution >= 0.6 is 0 Å². The third kappa shape index (κ3) is 11.8. The first-order chi connectivity index (χ1) is 17.7. The molecule has 228 valence electrons. The van der Waals surface area contributed by atoms with Crippen LogP contribution in [0.25, 0.3) is 0 Å². The number of hydrogen-bond donors (Lipinski definition) is 0. The third-order valence-electron chi connectivity index (χ3n) is 7.09. The Bertz CT molecular complexity index is 836. The summed E-state index contributed by atoms with van der Waals surface area (Å²) < 4.78 is 32.9. The zero-order valence-corrected chi connectivity index (χ0v) is 30.1. The van der Waals surface area contributed by atoms with Crippen molar-refractivity contribution in [2.45, 2.75) is 129 Å². The van der Waals surface area contributed by atoms with Crippen molar-refractivity contribution in [3.63, 3.8) is 0 Å². The van der Waals surface area contributed by atoms with Gasteiger partial charge in [0, 0.05) is 31.1 Å². The average molecular weight is 604 g/mol. The van der Waals surface area contributed by atoms with Crippen LogP contribution in [0.1, 0.15) is 33.6 Å². The Balaban J connectivity index is 2.23. The summed E-state index contributed by atoms with van der Waals surface area (Å²) in [5.41, 5.74) is 0.930. The van der Waals surface area contributed by atoms with Crippen LogP contribution in [0.15, 0.2) is 11.6 Å². The van der Waals surface area contributed by atoms with Gasteiger partial charge in [0.25, 0.3) is 5.91 Å². The number of carbonyl (C=O) groups is 1. The molecule has 11 heteroatoms. The van der Waals surface area contributed by atoms with E-state index in [2.05, 4.69) is 72.8 Å². The molecule has 2 aliphatic rings. The molecule has 0 saturated carbocycles. The van der Waals surface area contributed by atoms with Gasteiger partial charge in [-0.25, -0.2) is 5.06 Å². The van der Waals surface area contributed by atoms with Crippen LogP contribution in [0.5, 0.6) is 0 Å². The summed E-state index contributed by atoms with van der Waals surface area (Å²) >= 11 is 0. The number of hydroxylamine groups is 2. The molecule has 0 aromatic heterocycles. The Morgan fingerprint density at radius 1 is 0.949 bits per heavy atom. The van der Waals surface area contributed by atoms with Crippen molar-refractivity contribution in [1.29, 1.82) is 0 Å². The second-order valence-corrected chi connectivity index (χ2v) is 27.8. The second-order valence-electron chi connectivity index (χ2n) is 14.4. The largest absolute Gasteiger partial charge is 0.415 e. The van der Waals surface area contributed by atoms with E-state index in [1.54, 1.807) is 13.1 Å². The molecule has 0 radical (unpaired) electrons. The minimum Gasteiger partial charge on any atom is -0.415 e. The van der Waals surface area contributed by atoms with Gasteiger partial charge in [0.05, 0.1) is 44.2 Å². The molecule has 0 spiro atoms. The molecular weight excluding hydrogens is 547 g/mol. The molecule has 2 saturated heterocycles. The fraction of sp³-hybridized carbons (Fsp3) is 0.893. The molecule has 0 aliphatic carbocycles. The molecule has 8 atom stereocenters. The summed E-state index contributed by atoms with van der Waals surface area (Å²) in [7, 11) is -2.36.